The van der Waals surface area contributed by atoms with Crippen molar-refractivity contribution in [1.29, 1.82) is 0 Å². The second kappa shape index (κ2) is 9.99. The van der Waals surface area contributed by atoms with Gasteiger partial charge in [0.05, 0.1) is 13.7 Å². The lowest BCUT2D eigenvalue weighted by atomic mass is 10.2. The molecule has 1 saturated heterocycles. The van der Waals surface area contributed by atoms with E-state index in [2.05, 4.69) is 9.97 Å². The third-order valence-corrected chi connectivity index (χ3v) is 6.28. The Morgan fingerprint density at radius 3 is 2.19 bits per heavy atom. The number of piperazine rings is 1. The number of pyridine rings is 1. The number of methoxy groups -OCH3 is 1. The summed E-state index contributed by atoms with van der Waals surface area (Å²) < 4.78 is 6.69. The van der Waals surface area contributed by atoms with Crippen LogP contribution in [0.5, 0.6) is 5.75 Å². The van der Waals surface area contributed by atoms with Crippen LogP contribution in [0.3, 0.4) is 0 Å². The van der Waals surface area contributed by atoms with Gasteiger partial charge in [0, 0.05) is 37.9 Å². The van der Waals surface area contributed by atoms with Crippen molar-refractivity contribution in [3.63, 3.8) is 0 Å². The van der Waals surface area contributed by atoms with Crippen LogP contribution < -0.4 is 10.3 Å². The molecule has 0 spiro atoms. The maximum Gasteiger partial charge on any atom is 0.284 e. The van der Waals surface area contributed by atoms with Gasteiger partial charge < -0.3 is 14.5 Å². The van der Waals surface area contributed by atoms with E-state index in [9.17, 15) is 14.4 Å². The van der Waals surface area contributed by atoms with Gasteiger partial charge >= 0.3 is 0 Å². The number of carbonyl (C=O) groups excluding carboxylic acids is 2. The molecule has 0 bridgehead atoms. The highest BCUT2D eigenvalue weighted by Crippen LogP contribution is 2.16. The van der Waals surface area contributed by atoms with E-state index in [0.717, 1.165) is 5.56 Å². The Bertz CT molecular complexity index is 1460. The van der Waals surface area contributed by atoms with Gasteiger partial charge in [0.15, 0.2) is 11.3 Å². The normalized spacial score (nSPS) is 13.6. The van der Waals surface area contributed by atoms with Crippen LogP contribution in [-0.4, -0.2) is 69.4 Å². The molecule has 4 aromatic rings. The third-order valence-electron chi connectivity index (χ3n) is 6.28. The molecule has 2 amide bonds. The summed E-state index contributed by atoms with van der Waals surface area (Å²) in [7, 11) is 1.59. The number of rotatable bonds is 5. The standard InChI is InChI=1S/C27H25N5O4/c1-36-21-11-9-19(10-12-21)18-32-24-22(8-5-13-28-24)29-23(27(32)35)26(34)31-16-14-30(15-17-31)25(33)20-6-3-2-4-7-20/h2-13H,14-18H2,1H3. The number of hydrogen-bond donors (Lipinski definition) is 0. The van der Waals surface area contributed by atoms with Gasteiger partial charge in [-0.05, 0) is 42.0 Å². The molecule has 1 aliphatic rings. The van der Waals surface area contributed by atoms with Crippen LogP contribution in [0.1, 0.15) is 26.4 Å². The Morgan fingerprint density at radius 2 is 1.53 bits per heavy atom. The smallest absolute Gasteiger partial charge is 0.284 e. The quantitative estimate of drug-likeness (QED) is 0.433. The van der Waals surface area contributed by atoms with Gasteiger partial charge in [0.25, 0.3) is 17.4 Å². The van der Waals surface area contributed by atoms with Crippen molar-refractivity contribution in [2.45, 2.75) is 6.54 Å². The van der Waals surface area contributed by atoms with Crippen LogP contribution in [0.2, 0.25) is 0 Å². The van der Waals surface area contributed by atoms with Crippen LogP contribution in [0.25, 0.3) is 11.2 Å². The zero-order valence-corrected chi connectivity index (χ0v) is 19.8. The van der Waals surface area contributed by atoms with Gasteiger partial charge in [0.1, 0.15) is 11.3 Å². The number of carbonyl (C=O) groups is 2. The second-order valence-corrected chi connectivity index (χ2v) is 8.50. The Hall–Kier alpha value is -4.53. The molecule has 36 heavy (non-hydrogen) atoms. The van der Waals surface area contributed by atoms with Crippen LogP contribution >= 0.6 is 0 Å². The largest absolute Gasteiger partial charge is 0.497 e. The first kappa shape index (κ1) is 23.2. The Morgan fingerprint density at radius 1 is 0.861 bits per heavy atom. The highest BCUT2D eigenvalue weighted by Gasteiger charge is 2.28. The monoisotopic (exact) mass is 483 g/mol. The summed E-state index contributed by atoms with van der Waals surface area (Å²) in [6.45, 7) is 1.64. The van der Waals surface area contributed by atoms with Crippen molar-refractivity contribution in [1.82, 2.24) is 24.3 Å². The Balaban J connectivity index is 1.40. The molecule has 1 aliphatic heterocycles. The molecule has 2 aromatic heterocycles. The molecular weight excluding hydrogens is 458 g/mol. The number of nitrogens with zero attached hydrogens (tertiary/aromatic N) is 5. The van der Waals surface area contributed by atoms with E-state index in [1.54, 1.807) is 47.4 Å². The molecular formula is C27H25N5O4. The van der Waals surface area contributed by atoms with Crippen LogP contribution in [0, 0.1) is 0 Å². The zero-order chi connectivity index (χ0) is 25.1. The average Bonchev–Trinajstić information content (AvgIpc) is 2.94. The van der Waals surface area contributed by atoms with Gasteiger partial charge in [-0.1, -0.05) is 30.3 Å². The summed E-state index contributed by atoms with van der Waals surface area (Å²) in [6, 6.07) is 19.9. The molecule has 1 fully saturated rings. The lowest BCUT2D eigenvalue weighted by Gasteiger charge is -2.34. The van der Waals surface area contributed by atoms with E-state index in [-0.39, 0.29) is 18.1 Å². The number of ether oxygens (including phenoxy) is 1. The summed E-state index contributed by atoms with van der Waals surface area (Å²) in [6.07, 6.45) is 1.60. The topological polar surface area (TPSA) is 97.6 Å². The molecule has 182 valence electrons. The number of fused-ring (bicyclic) bond motifs is 1. The highest BCUT2D eigenvalue weighted by molar-refractivity contribution is 5.95. The highest BCUT2D eigenvalue weighted by atomic mass is 16.5. The summed E-state index contributed by atoms with van der Waals surface area (Å²) in [5.41, 5.74) is 1.71. The van der Waals surface area contributed by atoms with E-state index >= 15 is 0 Å². The number of amides is 2. The van der Waals surface area contributed by atoms with Crippen molar-refractivity contribution in [3.8, 4) is 5.75 Å². The Kier molecular flexibility index (Phi) is 6.44. The molecule has 0 saturated carbocycles. The minimum atomic E-state index is -0.496. The predicted molar refractivity (Wildman–Crippen MR) is 134 cm³/mol. The molecule has 0 radical (unpaired) electrons. The van der Waals surface area contributed by atoms with E-state index in [0.29, 0.717) is 48.7 Å². The van der Waals surface area contributed by atoms with Gasteiger partial charge in [-0.3, -0.25) is 19.0 Å². The lowest BCUT2D eigenvalue weighted by molar-refractivity contribution is 0.0531. The fourth-order valence-corrected chi connectivity index (χ4v) is 4.30. The minimum absolute atomic E-state index is 0.0700. The predicted octanol–water partition coefficient (Wildman–Crippen LogP) is 2.45. The molecule has 9 nitrogen and oxygen atoms in total. The Labute approximate surface area is 207 Å². The molecule has 3 heterocycles. The van der Waals surface area contributed by atoms with Crippen molar-refractivity contribution in [2.24, 2.45) is 0 Å². The molecule has 0 aliphatic carbocycles. The minimum Gasteiger partial charge on any atom is -0.497 e. The summed E-state index contributed by atoms with van der Waals surface area (Å²) in [5.74, 6) is 0.199. The molecule has 5 rings (SSSR count). The second-order valence-electron chi connectivity index (χ2n) is 8.50. The summed E-state index contributed by atoms with van der Waals surface area (Å²) in [5, 5.41) is 0. The van der Waals surface area contributed by atoms with Gasteiger partial charge in [0.2, 0.25) is 0 Å². The first-order valence-corrected chi connectivity index (χ1v) is 11.7. The zero-order valence-electron chi connectivity index (χ0n) is 19.8. The average molecular weight is 484 g/mol. The first-order chi connectivity index (χ1) is 17.5. The lowest BCUT2D eigenvalue weighted by Crippen LogP contribution is -2.51. The first-order valence-electron chi connectivity index (χ1n) is 11.7. The molecule has 2 aromatic carbocycles. The maximum atomic E-state index is 13.5. The van der Waals surface area contributed by atoms with E-state index in [1.165, 1.54) is 4.57 Å². The fourth-order valence-electron chi connectivity index (χ4n) is 4.30. The fraction of sp³-hybridized carbons (Fsp3) is 0.222. The molecule has 0 unspecified atom stereocenters. The SMILES string of the molecule is COc1ccc(Cn2c(=O)c(C(=O)N3CCN(C(=O)c4ccccc4)CC3)nc3cccnc32)cc1. The van der Waals surface area contributed by atoms with Crippen molar-refractivity contribution < 1.29 is 14.3 Å². The van der Waals surface area contributed by atoms with Gasteiger partial charge in [-0.25, -0.2) is 9.97 Å². The molecule has 0 N–H and O–H groups in total. The van der Waals surface area contributed by atoms with E-state index in [1.807, 2.05) is 42.5 Å². The van der Waals surface area contributed by atoms with Crippen molar-refractivity contribution in [2.75, 3.05) is 33.3 Å². The van der Waals surface area contributed by atoms with Crippen LogP contribution in [-0.2, 0) is 6.54 Å². The number of hydrogen-bond acceptors (Lipinski definition) is 6. The molecule has 0 atom stereocenters. The summed E-state index contributed by atoms with van der Waals surface area (Å²) in [4.78, 5) is 51.7. The van der Waals surface area contributed by atoms with Gasteiger partial charge in [-0.2, -0.15) is 0 Å². The maximum absolute atomic E-state index is 13.5. The summed E-state index contributed by atoms with van der Waals surface area (Å²) >= 11 is 0. The van der Waals surface area contributed by atoms with Crippen LogP contribution in [0.4, 0.5) is 0 Å². The third kappa shape index (κ3) is 4.55. The van der Waals surface area contributed by atoms with Crippen molar-refractivity contribution in [3.05, 3.63) is 100 Å². The van der Waals surface area contributed by atoms with Crippen LogP contribution in [0.15, 0.2) is 77.7 Å². The number of benzene rings is 2. The van der Waals surface area contributed by atoms with Crippen molar-refractivity contribution >= 4 is 23.0 Å². The van der Waals surface area contributed by atoms with E-state index < -0.39 is 11.5 Å². The van der Waals surface area contributed by atoms with Gasteiger partial charge in [-0.15, -0.1) is 0 Å². The molecule has 9 heteroatoms. The number of aromatic nitrogens is 3. The van der Waals surface area contributed by atoms with E-state index in [4.69, 9.17) is 4.74 Å².